The first-order chi connectivity index (χ1) is 13.4. The van der Waals surface area contributed by atoms with Gasteiger partial charge in [0, 0.05) is 12.1 Å². The van der Waals surface area contributed by atoms with Crippen molar-refractivity contribution < 1.29 is 14.3 Å². The van der Waals surface area contributed by atoms with E-state index in [-0.39, 0.29) is 17.7 Å². The van der Waals surface area contributed by atoms with Crippen molar-refractivity contribution >= 4 is 28.7 Å². The van der Waals surface area contributed by atoms with Gasteiger partial charge in [-0.2, -0.15) is 5.10 Å². The van der Waals surface area contributed by atoms with E-state index in [4.69, 9.17) is 4.74 Å². The summed E-state index contributed by atoms with van der Waals surface area (Å²) in [5.41, 5.74) is 3.07. The Balaban J connectivity index is 1.83. The number of hydrogen-bond acceptors (Lipinski definition) is 5. The van der Waals surface area contributed by atoms with Gasteiger partial charge in [0.25, 0.3) is 5.91 Å². The minimum Gasteiger partial charge on any atom is -0.489 e. The predicted molar refractivity (Wildman–Crippen MR) is 105 cm³/mol. The van der Waals surface area contributed by atoms with Gasteiger partial charge in [-0.05, 0) is 39.0 Å². The maximum Gasteiger partial charge on any atom is 0.276 e. The molecule has 1 aromatic carbocycles. The van der Waals surface area contributed by atoms with Crippen LogP contribution in [-0.2, 0) is 6.54 Å². The minimum absolute atomic E-state index is 0.0740. The molecule has 0 fully saturated rings. The van der Waals surface area contributed by atoms with Crippen molar-refractivity contribution in [1.29, 1.82) is 0 Å². The van der Waals surface area contributed by atoms with E-state index < -0.39 is 0 Å². The Labute approximate surface area is 161 Å². The van der Waals surface area contributed by atoms with Crippen molar-refractivity contribution in [2.75, 3.05) is 11.9 Å². The normalized spacial score (nSPS) is 15.3. The molecule has 1 aliphatic rings. The van der Waals surface area contributed by atoms with Crippen LogP contribution in [0.1, 0.15) is 46.4 Å². The molecule has 4 rings (SSSR count). The molecule has 3 heterocycles. The van der Waals surface area contributed by atoms with E-state index in [2.05, 4.69) is 22.0 Å². The second-order valence-electron chi connectivity index (χ2n) is 6.76. The van der Waals surface area contributed by atoms with Crippen molar-refractivity contribution in [3.8, 4) is 5.75 Å². The molecule has 0 saturated heterocycles. The van der Waals surface area contributed by atoms with Crippen LogP contribution in [0.3, 0.4) is 0 Å². The van der Waals surface area contributed by atoms with Crippen LogP contribution in [0.15, 0.2) is 30.9 Å². The number of ketones is 1. The van der Waals surface area contributed by atoms with Crippen molar-refractivity contribution in [3.63, 3.8) is 0 Å². The van der Waals surface area contributed by atoms with Gasteiger partial charge in [-0.3, -0.25) is 24.2 Å². The summed E-state index contributed by atoms with van der Waals surface area (Å²) in [7, 11) is 0. The zero-order chi connectivity index (χ0) is 20.0. The number of nitrogens with one attached hydrogen (secondary N) is 1. The van der Waals surface area contributed by atoms with E-state index in [0.29, 0.717) is 41.6 Å². The Bertz CT molecular complexity index is 1120. The van der Waals surface area contributed by atoms with Gasteiger partial charge in [-0.1, -0.05) is 6.08 Å². The van der Waals surface area contributed by atoms with Gasteiger partial charge >= 0.3 is 0 Å². The molecule has 0 radical (unpaired) electrons. The van der Waals surface area contributed by atoms with Gasteiger partial charge in [0.15, 0.2) is 5.78 Å². The highest BCUT2D eigenvalue weighted by atomic mass is 16.5. The molecule has 8 nitrogen and oxygen atoms in total. The molecule has 0 aliphatic carbocycles. The summed E-state index contributed by atoms with van der Waals surface area (Å²) in [5, 5.41) is 7.21. The number of aryl methyl sites for hydroxylation is 2. The van der Waals surface area contributed by atoms with Crippen molar-refractivity contribution in [2.24, 2.45) is 0 Å². The molecule has 0 saturated carbocycles. The molecule has 2 aromatic heterocycles. The number of benzene rings is 1. The molecule has 0 spiro atoms. The minimum atomic E-state index is -0.295. The number of amides is 1. The van der Waals surface area contributed by atoms with Crippen molar-refractivity contribution in [2.45, 2.75) is 33.4 Å². The summed E-state index contributed by atoms with van der Waals surface area (Å²) < 4.78 is 9.36. The highest BCUT2D eigenvalue weighted by molar-refractivity contribution is 6.04. The van der Waals surface area contributed by atoms with Crippen LogP contribution < -0.4 is 10.1 Å². The average molecular weight is 379 g/mol. The molecule has 28 heavy (non-hydrogen) atoms. The highest BCUT2D eigenvalue weighted by Gasteiger charge is 2.28. The smallest absolute Gasteiger partial charge is 0.276 e. The summed E-state index contributed by atoms with van der Waals surface area (Å²) in [6, 6.07) is 4.98. The lowest BCUT2D eigenvalue weighted by molar-refractivity contribution is 0.100. The molecule has 1 N–H and O–H groups in total. The Morgan fingerprint density at radius 1 is 1.39 bits per heavy atom. The first-order valence-electron chi connectivity index (χ1n) is 9.11. The topological polar surface area (TPSA) is 91.0 Å². The largest absolute Gasteiger partial charge is 0.489 e. The zero-order valence-electron chi connectivity index (χ0n) is 16.0. The standard InChI is InChI=1S/C20H21N5O3/c1-5-14-10-28-17-9-13(12(4)26)8-15-18(17)25(14)20(21-15)22-19(27)16-7-11(3)23-24(16)6-2/h5,7-9,14H,1,6,10H2,2-4H3,(H,21,22,27)/t14-/m0/s1. The van der Waals surface area contributed by atoms with E-state index in [1.54, 1.807) is 29.0 Å². The lowest BCUT2D eigenvalue weighted by atomic mass is 10.1. The number of rotatable bonds is 5. The summed E-state index contributed by atoms with van der Waals surface area (Å²) in [6.07, 6.45) is 1.75. The lowest BCUT2D eigenvalue weighted by Crippen LogP contribution is -2.25. The van der Waals surface area contributed by atoms with Crippen LogP contribution in [0.5, 0.6) is 5.75 Å². The summed E-state index contributed by atoms with van der Waals surface area (Å²) in [6.45, 7) is 10.1. The van der Waals surface area contributed by atoms with Gasteiger partial charge in [-0.25, -0.2) is 4.98 Å². The molecule has 0 unspecified atom stereocenters. The van der Waals surface area contributed by atoms with Crippen LogP contribution in [0.2, 0.25) is 0 Å². The highest BCUT2D eigenvalue weighted by Crippen LogP contribution is 2.37. The molecule has 144 valence electrons. The first kappa shape index (κ1) is 18.0. The fourth-order valence-electron chi connectivity index (χ4n) is 3.48. The number of anilines is 1. The van der Waals surface area contributed by atoms with Gasteiger partial charge in [-0.15, -0.1) is 6.58 Å². The van der Waals surface area contributed by atoms with E-state index in [9.17, 15) is 9.59 Å². The molecule has 8 heteroatoms. The third kappa shape index (κ3) is 2.77. The molecule has 0 bridgehead atoms. The number of aromatic nitrogens is 4. The molecular formula is C20H21N5O3. The lowest BCUT2D eigenvalue weighted by Gasteiger charge is -2.25. The van der Waals surface area contributed by atoms with Crippen molar-refractivity contribution in [3.05, 3.63) is 47.8 Å². The number of Topliss-reactive ketones (excluding diaryl/α,β-unsaturated/α-hetero) is 1. The molecular weight excluding hydrogens is 358 g/mol. The number of carbonyl (C=O) groups is 2. The third-order valence-electron chi connectivity index (χ3n) is 4.83. The fraction of sp³-hybridized carbons (Fsp3) is 0.300. The molecule has 1 atom stereocenters. The number of carbonyl (C=O) groups excluding carboxylic acids is 2. The molecule has 1 aliphatic heterocycles. The summed E-state index contributed by atoms with van der Waals surface area (Å²) in [4.78, 5) is 29.3. The second-order valence-corrected chi connectivity index (χ2v) is 6.76. The zero-order valence-corrected chi connectivity index (χ0v) is 16.0. The van der Waals surface area contributed by atoms with Crippen LogP contribution >= 0.6 is 0 Å². The van der Waals surface area contributed by atoms with E-state index >= 15 is 0 Å². The van der Waals surface area contributed by atoms with Gasteiger partial charge in [0.2, 0.25) is 5.95 Å². The number of nitrogens with zero attached hydrogens (tertiary/aromatic N) is 4. The van der Waals surface area contributed by atoms with Gasteiger partial charge in [0.05, 0.1) is 17.3 Å². The Hall–Kier alpha value is -3.42. The second kappa shape index (κ2) is 6.63. The van der Waals surface area contributed by atoms with Crippen LogP contribution in [-0.4, -0.2) is 37.6 Å². The number of hydrogen-bond donors (Lipinski definition) is 1. The number of imidazole rings is 1. The Kier molecular flexibility index (Phi) is 4.26. The van der Waals surface area contributed by atoms with Gasteiger partial charge in [0.1, 0.15) is 23.6 Å². The average Bonchev–Trinajstić information content (AvgIpc) is 3.23. The fourth-order valence-corrected chi connectivity index (χ4v) is 3.48. The van der Waals surface area contributed by atoms with E-state index in [1.807, 2.05) is 18.4 Å². The SMILES string of the molecule is C=C[C@H]1COc2cc(C(C)=O)cc3nc(NC(=O)c4cc(C)nn4CC)n1c23. The Morgan fingerprint density at radius 3 is 2.86 bits per heavy atom. The predicted octanol–water partition coefficient (Wildman–Crippen LogP) is 3.14. The first-order valence-corrected chi connectivity index (χ1v) is 9.11. The summed E-state index contributed by atoms with van der Waals surface area (Å²) in [5.74, 6) is 0.589. The molecule has 1 amide bonds. The monoisotopic (exact) mass is 379 g/mol. The van der Waals surface area contributed by atoms with E-state index in [0.717, 1.165) is 11.2 Å². The quantitative estimate of drug-likeness (QED) is 0.543. The van der Waals surface area contributed by atoms with Crippen LogP contribution in [0, 0.1) is 6.92 Å². The number of ether oxygens (including phenoxy) is 1. The summed E-state index contributed by atoms with van der Waals surface area (Å²) >= 11 is 0. The van der Waals surface area contributed by atoms with Crippen molar-refractivity contribution in [1.82, 2.24) is 19.3 Å². The third-order valence-corrected chi connectivity index (χ3v) is 4.83. The van der Waals surface area contributed by atoms with Gasteiger partial charge < -0.3 is 4.74 Å². The molecule has 3 aromatic rings. The van der Waals surface area contributed by atoms with E-state index in [1.165, 1.54) is 6.92 Å². The maximum atomic E-state index is 12.9. The Morgan fingerprint density at radius 2 is 2.18 bits per heavy atom. The maximum absolute atomic E-state index is 12.9. The van der Waals surface area contributed by atoms with Crippen LogP contribution in [0.25, 0.3) is 11.0 Å². The van der Waals surface area contributed by atoms with Crippen LogP contribution in [0.4, 0.5) is 5.95 Å².